The van der Waals surface area contributed by atoms with Gasteiger partial charge in [-0.05, 0) is 25.0 Å². The SMILES string of the molecule is Nc1cccc(OCCS(=O)(=O)N2CCC[C@H](O)C2)c1. The van der Waals surface area contributed by atoms with E-state index in [0.717, 1.165) is 0 Å². The van der Waals surface area contributed by atoms with Crippen LogP contribution in [0.4, 0.5) is 5.69 Å². The molecule has 0 unspecified atom stereocenters. The fraction of sp³-hybridized carbons (Fsp3) is 0.538. The predicted octanol–water partition coefficient (Wildman–Crippen LogP) is 0.434. The summed E-state index contributed by atoms with van der Waals surface area (Å²) in [6.45, 7) is 0.719. The molecule has 0 bridgehead atoms. The number of β-amino-alcohol motifs (C(OH)–C–C–N with tert-alkyl or cyclic N) is 1. The first-order valence-electron chi connectivity index (χ1n) is 6.61. The monoisotopic (exact) mass is 300 g/mol. The number of rotatable bonds is 5. The van der Waals surface area contributed by atoms with Gasteiger partial charge >= 0.3 is 0 Å². The van der Waals surface area contributed by atoms with Crippen LogP contribution in [0.5, 0.6) is 5.75 Å². The van der Waals surface area contributed by atoms with Crippen LogP contribution in [0, 0.1) is 0 Å². The summed E-state index contributed by atoms with van der Waals surface area (Å²) in [6.07, 6.45) is 0.788. The van der Waals surface area contributed by atoms with Gasteiger partial charge in [0.2, 0.25) is 10.0 Å². The molecule has 0 aromatic heterocycles. The molecule has 20 heavy (non-hydrogen) atoms. The molecule has 1 aliphatic rings. The van der Waals surface area contributed by atoms with Crippen molar-refractivity contribution < 1.29 is 18.3 Å². The number of aliphatic hydroxyl groups is 1. The molecule has 0 radical (unpaired) electrons. The van der Waals surface area contributed by atoms with Crippen molar-refractivity contribution in [2.24, 2.45) is 0 Å². The van der Waals surface area contributed by atoms with Crippen LogP contribution in [0.3, 0.4) is 0 Å². The van der Waals surface area contributed by atoms with Gasteiger partial charge in [-0.2, -0.15) is 4.31 Å². The van der Waals surface area contributed by atoms with Crippen LogP contribution >= 0.6 is 0 Å². The fourth-order valence-corrected chi connectivity index (χ4v) is 3.53. The highest BCUT2D eigenvalue weighted by Gasteiger charge is 2.27. The Kier molecular flexibility index (Phi) is 4.85. The molecule has 0 amide bonds. The largest absolute Gasteiger partial charge is 0.492 e. The molecule has 1 saturated heterocycles. The number of nitrogens with zero attached hydrogens (tertiary/aromatic N) is 1. The molecule has 6 nitrogen and oxygen atoms in total. The second-order valence-corrected chi connectivity index (χ2v) is 6.98. The molecule has 3 N–H and O–H groups in total. The van der Waals surface area contributed by atoms with Crippen LogP contribution in [0.15, 0.2) is 24.3 Å². The first-order chi connectivity index (χ1) is 9.47. The van der Waals surface area contributed by atoms with Crippen molar-refractivity contribution in [1.29, 1.82) is 0 Å². The van der Waals surface area contributed by atoms with E-state index >= 15 is 0 Å². The number of benzene rings is 1. The molecular weight excluding hydrogens is 280 g/mol. The van der Waals surface area contributed by atoms with Crippen molar-refractivity contribution in [3.05, 3.63) is 24.3 Å². The van der Waals surface area contributed by atoms with Crippen molar-refractivity contribution in [2.75, 3.05) is 31.2 Å². The van der Waals surface area contributed by atoms with E-state index in [4.69, 9.17) is 10.5 Å². The van der Waals surface area contributed by atoms with E-state index in [1.54, 1.807) is 24.3 Å². The maximum Gasteiger partial charge on any atom is 0.217 e. The number of hydrogen-bond donors (Lipinski definition) is 2. The smallest absolute Gasteiger partial charge is 0.217 e. The van der Waals surface area contributed by atoms with Crippen molar-refractivity contribution in [3.8, 4) is 5.75 Å². The maximum absolute atomic E-state index is 12.1. The average Bonchev–Trinajstić information content (AvgIpc) is 2.38. The third-order valence-corrected chi connectivity index (χ3v) is 5.02. The number of nitrogens with two attached hydrogens (primary N) is 1. The molecule has 1 aliphatic heterocycles. The number of piperidine rings is 1. The summed E-state index contributed by atoms with van der Waals surface area (Å²) in [5, 5.41) is 9.53. The Labute approximate surface area is 119 Å². The summed E-state index contributed by atoms with van der Waals surface area (Å²) in [7, 11) is -3.38. The molecule has 7 heteroatoms. The first-order valence-corrected chi connectivity index (χ1v) is 8.22. The van der Waals surface area contributed by atoms with Gasteiger partial charge < -0.3 is 15.6 Å². The predicted molar refractivity (Wildman–Crippen MR) is 77.0 cm³/mol. The zero-order valence-corrected chi connectivity index (χ0v) is 12.1. The van der Waals surface area contributed by atoms with Gasteiger partial charge in [-0.1, -0.05) is 6.07 Å². The van der Waals surface area contributed by atoms with Gasteiger partial charge in [-0.25, -0.2) is 8.42 Å². The van der Waals surface area contributed by atoms with E-state index in [-0.39, 0.29) is 18.9 Å². The second kappa shape index (κ2) is 6.43. The molecule has 1 aromatic carbocycles. The quantitative estimate of drug-likeness (QED) is 0.769. The summed E-state index contributed by atoms with van der Waals surface area (Å²) >= 11 is 0. The molecule has 1 fully saturated rings. The van der Waals surface area contributed by atoms with Crippen molar-refractivity contribution >= 4 is 15.7 Å². The Hall–Kier alpha value is -1.31. The lowest BCUT2D eigenvalue weighted by Crippen LogP contribution is -2.43. The summed E-state index contributed by atoms with van der Waals surface area (Å²) < 4.78 is 30.9. The van der Waals surface area contributed by atoms with E-state index < -0.39 is 16.1 Å². The lowest BCUT2D eigenvalue weighted by atomic mass is 10.1. The van der Waals surface area contributed by atoms with Crippen LogP contribution in [0.25, 0.3) is 0 Å². The van der Waals surface area contributed by atoms with Crippen molar-refractivity contribution in [1.82, 2.24) is 4.31 Å². The van der Waals surface area contributed by atoms with Crippen LogP contribution < -0.4 is 10.5 Å². The minimum Gasteiger partial charge on any atom is -0.492 e. The number of aliphatic hydroxyl groups excluding tert-OH is 1. The number of hydrogen-bond acceptors (Lipinski definition) is 5. The van der Waals surface area contributed by atoms with Gasteiger partial charge in [-0.3, -0.25) is 0 Å². The molecule has 1 heterocycles. The highest BCUT2D eigenvalue weighted by Crippen LogP contribution is 2.16. The topological polar surface area (TPSA) is 92.9 Å². The third-order valence-electron chi connectivity index (χ3n) is 3.22. The zero-order chi connectivity index (χ0) is 14.6. The third kappa shape index (κ3) is 4.09. The molecular formula is C13H20N2O4S. The van der Waals surface area contributed by atoms with E-state index in [0.29, 0.717) is 30.8 Å². The molecule has 1 aromatic rings. The van der Waals surface area contributed by atoms with Crippen molar-refractivity contribution in [2.45, 2.75) is 18.9 Å². The molecule has 0 spiro atoms. The van der Waals surface area contributed by atoms with Crippen LogP contribution in [0.1, 0.15) is 12.8 Å². The van der Waals surface area contributed by atoms with E-state index in [1.165, 1.54) is 4.31 Å². The van der Waals surface area contributed by atoms with Gasteiger partial charge in [0, 0.05) is 24.8 Å². The molecule has 1 atom stereocenters. The molecule has 0 saturated carbocycles. The second-order valence-electron chi connectivity index (χ2n) is 4.89. The Morgan fingerprint density at radius 2 is 2.25 bits per heavy atom. The Bertz CT molecular complexity index is 547. The minimum absolute atomic E-state index is 0.0678. The normalized spacial score (nSPS) is 20.8. The molecule has 112 valence electrons. The number of anilines is 1. The number of nitrogen functional groups attached to an aromatic ring is 1. The molecule has 2 rings (SSSR count). The first kappa shape index (κ1) is 15.1. The molecule has 0 aliphatic carbocycles. The standard InChI is InChI=1S/C13H20N2O4S/c14-11-3-1-5-13(9-11)19-7-8-20(17,18)15-6-2-4-12(16)10-15/h1,3,5,9,12,16H,2,4,6-8,10,14H2/t12-/m0/s1. The highest BCUT2D eigenvalue weighted by molar-refractivity contribution is 7.89. The summed E-state index contributed by atoms with van der Waals surface area (Å²) in [4.78, 5) is 0. The number of ether oxygens (including phenoxy) is 1. The van der Waals surface area contributed by atoms with Crippen LogP contribution in [-0.4, -0.2) is 49.4 Å². The van der Waals surface area contributed by atoms with Crippen LogP contribution in [-0.2, 0) is 10.0 Å². The Morgan fingerprint density at radius 3 is 2.95 bits per heavy atom. The lowest BCUT2D eigenvalue weighted by molar-refractivity contribution is 0.108. The minimum atomic E-state index is -3.38. The van der Waals surface area contributed by atoms with Gasteiger partial charge in [0.1, 0.15) is 12.4 Å². The Balaban J connectivity index is 1.86. The van der Waals surface area contributed by atoms with Crippen LogP contribution in [0.2, 0.25) is 0 Å². The lowest BCUT2D eigenvalue weighted by Gasteiger charge is -2.29. The van der Waals surface area contributed by atoms with E-state index in [9.17, 15) is 13.5 Å². The fourth-order valence-electron chi connectivity index (χ4n) is 2.17. The van der Waals surface area contributed by atoms with Gasteiger partial charge in [0.15, 0.2) is 0 Å². The highest BCUT2D eigenvalue weighted by atomic mass is 32.2. The van der Waals surface area contributed by atoms with Crippen molar-refractivity contribution in [3.63, 3.8) is 0 Å². The average molecular weight is 300 g/mol. The summed E-state index contributed by atoms with van der Waals surface area (Å²) in [5.41, 5.74) is 6.19. The zero-order valence-electron chi connectivity index (χ0n) is 11.2. The maximum atomic E-state index is 12.1. The summed E-state index contributed by atoms with van der Waals surface area (Å²) in [5.74, 6) is 0.452. The summed E-state index contributed by atoms with van der Waals surface area (Å²) in [6, 6.07) is 6.86. The van der Waals surface area contributed by atoms with E-state index in [1.807, 2.05) is 0 Å². The Morgan fingerprint density at radius 1 is 1.45 bits per heavy atom. The van der Waals surface area contributed by atoms with Gasteiger partial charge in [0.05, 0.1) is 11.9 Å². The van der Waals surface area contributed by atoms with E-state index in [2.05, 4.69) is 0 Å². The van der Waals surface area contributed by atoms with Gasteiger partial charge in [0.25, 0.3) is 0 Å². The number of sulfonamides is 1. The van der Waals surface area contributed by atoms with Gasteiger partial charge in [-0.15, -0.1) is 0 Å².